The number of carbonyl (C=O) groups is 3. The number of Topliss-reactive ketones (excluding diaryl/α,β-unsaturated/α-hetero) is 1. The van der Waals surface area contributed by atoms with Crippen LogP contribution in [0.3, 0.4) is 0 Å². The summed E-state index contributed by atoms with van der Waals surface area (Å²) in [5.74, 6) is -0.612. The number of anilines is 1. The van der Waals surface area contributed by atoms with Crippen LogP contribution in [-0.4, -0.2) is 23.4 Å². The van der Waals surface area contributed by atoms with Gasteiger partial charge in [0, 0.05) is 12.5 Å². The van der Waals surface area contributed by atoms with Crippen LogP contribution < -0.4 is 4.90 Å². The van der Waals surface area contributed by atoms with Crippen LogP contribution in [0.15, 0.2) is 24.3 Å². The standard InChI is InChI=1S/C15H19NO4/c1-10(17)12-7-6-8-13(9-12)16(11(2)18)14(19)20-15(3,4)5/h6-9H,1-5H3. The van der Waals surface area contributed by atoms with Crippen molar-refractivity contribution in [3.05, 3.63) is 29.8 Å². The first kappa shape index (κ1) is 15.9. The van der Waals surface area contributed by atoms with Crippen LogP contribution in [0.25, 0.3) is 0 Å². The zero-order valence-electron chi connectivity index (χ0n) is 12.4. The van der Waals surface area contributed by atoms with E-state index in [1.54, 1.807) is 39.0 Å². The quantitative estimate of drug-likeness (QED) is 0.779. The molecule has 2 amide bonds. The molecule has 0 saturated heterocycles. The molecule has 1 aromatic carbocycles. The lowest BCUT2D eigenvalue weighted by Crippen LogP contribution is -2.39. The van der Waals surface area contributed by atoms with Gasteiger partial charge in [-0.15, -0.1) is 0 Å². The van der Waals surface area contributed by atoms with E-state index in [0.717, 1.165) is 4.90 Å². The number of carbonyl (C=O) groups excluding carboxylic acids is 3. The average molecular weight is 277 g/mol. The fraction of sp³-hybridized carbons (Fsp3) is 0.400. The molecule has 0 aliphatic rings. The molecule has 1 rings (SSSR count). The Bertz CT molecular complexity index is 543. The molecule has 0 radical (unpaired) electrons. The Morgan fingerprint density at radius 3 is 2.15 bits per heavy atom. The van der Waals surface area contributed by atoms with Crippen LogP contribution in [0.4, 0.5) is 10.5 Å². The van der Waals surface area contributed by atoms with Gasteiger partial charge in [-0.2, -0.15) is 0 Å². The van der Waals surface area contributed by atoms with E-state index in [1.807, 2.05) is 0 Å². The van der Waals surface area contributed by atoms with Crippen molar-refractivity contribution < 1.29 is 19.1 Å². The van der Waals surface area contributed by atoms with Crippen molar-refractivity contribution in [1.29, 1.82) is 0 Å². The lowest BCUT2D eigenvalue weighted by Gasteiger charge is -2.25. The molecule has 20 heavy (non-hydrogen) atoms. The molecule has 0 heterocycles. The van der Waals surface area contributed by atoms with Crippen LogP contribution in [-0.2, 0) is 9.53 Å². The van der Waals surface area contributed by atoms with Gasteiger partial charge in [0.05, 0.1) is 5.69 Å². The molecule has 5 nitrogen and oxygen atoms in total. The molecule has 108 valence electrons. The maximum absolute atomic E-state index is 12.1. The largest absolute Gasteiger partial charge is 0.443 e. The molecule has 0 saturated carbocycles. The molecule has 0 N–H and O–H groups in total. The van der Waals surface area contributed by atoms with Crippen molar-refractivity contribution in [2.45, 2.75) is 40.2 Å². The first-order valence-corrected chi connectivity index (χ1v) is 6.26. The van der Waals surface area contributed by atoms with E-state index in [4.69, 9.17) is 4.74 Å². The van der Waals surface area contributed by atoms with E-state index < -0.39 is 17.6 Å². The van der Waals surface area contributed by atoms with E-state index in [1.165, 1.54) is 19.9 Å². The van der Waals surface area contributed by atoms with Gasteiger partial charge in [0.2, 0.25) is 5.91 Å². The van der Waals surface area contributed by atoms with E-state index in [0.29, 0.717) is 11.3 Å². The fourth-order valence-electron chi connectivity index (χ4n) is 1.59. The minimum atomic E-state index is -0.759. The van der Waals surface area contributed by atoms with Crippen molar-refractivity contribution in [1.82, 2.24) is 0 Å². The number of imide groups is 1. The highest BCUT2D eigenvalue weighted by molar-refractivity contribution is 6.12. The summed E-state index contributed by atoms with van der Waals surface area (Å²) >= 11 is 0. The summed E-state index contributed by atoms with van der Waals surface area (Å²) in [6.07, 6.45) is -0.759. The van der Waals surface area contributed by atoms with Crippen LogP contribution >= 0.6 is 0 Å². The molecule has 0 unspecified atom stereocenters. The number of rotatable bonds is 2. The number of nitrogens with zero attached hydrogens (tertiary/aromatic N) is 1. The van der Waals surface area contributed by atoms with Crippen molar-refractivity contribution in [2.24, 2.45) is 0 Å². The summed E-state index contributed by atoms with van der Waals surface area (Å²) in [5.41, 5.74) is 0.0416. The number of amides is 2. The van der Waals surface area contributed by atoms with Gasteiger partial charge in [-0.1, -0.05) is 12.1 Å². The zero-order valence-corrected chi connectivity index (χ0v) is 12.4. The molecule has 0 atom stereocenters. The second-order valence-corrected chi connectivity index (χ2v) is 5.44. The van der Waals surface area contributed by atoms with Gasteiger partial charge in [0.25, 0.3) is 0 Å². The first-order valence-electron chi connectivity index (χ1n) is 6.26. The summed E-state index contributed by atoms with van der Waals surface area (Å²) in [4.78, 5) is 36.1. The molecule has 0 aliphatic heterocycles. The summed E-state index contributed by atoms with van der Waals surface area (Å²) in [5, 5.41) is 0. The molecular weight excluding hydrogens is 258 g/mol. The molecular formula is C15H19NO4. The number of ketones is 1. The Morgan fingerprint density at radius 2 is 1.70 bits per heavy atom. The average Bonchev–Trinajstić information content (AvgIpc) is 2.26. The van der Waals surface area contributed by atoms with Gasteiger partial charge in [-0.3, -0.25) is 9.59 Å². The van der Waals surface area contributed by atoms with Gasteiger partial charge in [0.1, 0.15) is 5.60 Å². The molecule has 0 bridgehead atoms. The van der Waals surface area contributed by atoms with Crippen molar-refractivity contribution >= 4 is 23.5 Å². The smallest absolute Gasteiger partial charge is 0.421 e. The summed E-state index contributed by atoms with van der Waals surface area (Å²) in [6.45, 7) is 7.84. The third kappa shape index (κ3) is 4.19. The zero-order chi connectivity index (χ0) is 15.5. The van der Waals surface area contributed by atoms with Crippen LogP contribution in [0.1, 0.15) is 45.0 Å². The highest BCUT2D eigenvalue weighted by Gasteiger charge is 2.26. The Labute approximate surface area is 118 Å². The minimum absolute atomic E-state index is 0.139. The second kappa shape index (κ2) is 5.86. The Morgan fingerprint density at radius 1 is 1.10 bits per heavy atom. The predicted octanol–water partition coefficient (Wildman–Crippen LogP) is 3.18. The highest BCUT2D eigenvalue weighted by Crippen LogP contribution is 2.20. The van der Waals surface area contributed by atoms with Gasteiger partial charge in [-0.25, -0.2) is 9.69 Å². The predicted molar refractivity (Wildman–Crippen MR) is 75.8 cm³/mol. The SMILES string of the molecule is CC(=O)c1cccc(N(C(C)=O)C(=O)OC(C)(C)C)c1. The number of benzene rings is 1. The molecule has 0 aromatic heterocycles. The maximum Gasteiger partial charge on any atom is 0.421 e. The van der Waals surface area contributed by atoms with Crippen LogP contribution in [0.2, 0.25) is 0 Å². The van der Waals surface area contributed by atoms with Gasteiger partial charge < -0.3 is 4.74 Å². The fourth-order valence-corrected chi connectivity index (χ4v) is 1.59. The van der Waals surface area contributed by atoms with E-state index in [2.05, 4.69) is 0 Å². The second-order valence-electron chi connectivity index (χ2n) is 5.44. The normalized spacial score (nSPS) is 10.8. The molecule has 5 heteroatoms. The van der Waals surface area contributed by atoms with Crippen molar-refractivity contribution in [3.63, 3.8) is 0 Å². The summed E-state index contributed by atoms with van der Waals surface area (Å²) in [6, 6.07) is 6.32. The lowest BCUT2D eigenvalue weighted by molar-refractivity contribution is -0.116. The Balaban J connectivity index is 3.15. The van der Waals surface area contributed by atoms with E-state index in [-0.39, 0.29) is 5.78 Å². The van der Waals surface area contributed by atoms with Crippen molar-refractivity contribution in [3.8, 4) is 0 Å². The topological polar surface area (TPSA) is 63.7 Å². The van der Waals surface area contributed by atoms with Crippen molar-refractivity contribution in [2.75, 3.05) is 4.90 Å². The third-order valence-electron chi connectivity index (χ3n) is 2.40. The maximum atomic E-state index is 12.1. The molecule has 0 spiro atoms. The third-order valence-corrected chi connectivity index (χ3v) is 2.40. The summed E-state index contributed by atoms with van der Waals surface area (Å²) < 4.78 is 5.20. The molecule has 0 aliphatic carbocycles. The van der Waals surface area contributed by atoms with Crippen LogP contribution in [0.5, 0.6) is 0 Å². The number of hydrogen-bond acceptors (Lipinski definition) is 4. The van der Waals surface area contributed by atoms with Gasteiger partial charge in [0.15, 0.2) is 5.78 Å². The lowest BCUT2D eigenvalue weighted by atomic mass is 10.1. The van der Waals surface area contributed by atoms with Gasteiger partial charge >= 0.3 is 6.09 Å². The van der Waals surface area contributed by atoms with Gasteiger partial charge in [-0.05, 0) is 39.8 Å². The number of ether oxygens (including phenoxy) is 1. The minimum Gasteiger partial charge on any atom is -0.443 e. The molecule has 0 fully saturated rings. The Hall–Kier alpha value is -2.17. The van der Waals surface area contributed by atoms with Crippen LogP contribution in [0, 0.1) is 0 Å². The molecule has 1 aromatic rings. The van der Waals surface area contributed by atoms with E-state index in [9.17, 15) is 14.4 Å². The monoisotopic (exact) mass is 277 g/mol. The Kier molecular flexibility index (Phi) is 4.65. The first-order chi connectivity index (χ1) is 9.11. The summed E-state index contributed by atoms with van der Waals surface area (Å²) in [7, 11) is 0. The number of hydrogen-bond donors (Lipinski definition) is 0. The highest BCUT2D eigenvalue weighted by atomic mass is 16.6. The van der Waals surface area contributed by atoms with E-state index >= 15 is 0 Å².